The van der Waals surface area contributed by atoms with Gasteiger partial charge in [-0.3, -0.25) is 4.79 Å². The van der Waals surface area contributed by atoms with Crippen LogP contribution in [0.25, 0.3) is 5.69 Å². The van der Waals surface area contributed by atoms with Crippen molar-refractivity contribution in [3.8, 4) is 5.69 Å². The second kappa shape index (κ2) is 10.1. The molecule has 0 saturated heterocycles. The average molecular weight is 468 g/mol. The second-order valence-corrected chi connectivity index (χ2v) is 9.50. The number of para-hydroxylation sites is 2. The summed E-state index contributed by atoms with van der Waals surface area (Å²) in [5, 5.41) is 11.0. The van der Waals surface area contributed by atoms with Crippen molar-refractivity contribution < 1.29 is 9.59 Å². The molecule has 1 aromatic heterocycles. The lowest BCUT2D eigenvalue weighted by Gasteiger charge is -2.26. The van der Waals surface area contributed by atoms with Crippen LogP contribution < -0.4 is 10.6 Å². The monoisotopic (exact) mass is 467 g/mol. The molecule has 0 fully saturated rings. The first-order valence-electron chi connectivity index (χ1n) is 10.8. The molecule has 7 nitrogen and oxygen atoms in total. The molecule has 0 bridgehead atoms. The number of amides is 3. The summed E-state index contributed by atoms with van der Waals surface area (Å²) in [6.45, 7) is 9.76. The average Bonchev–Trinajstić information content (AvgIpc) is 3.16. The summed E-state index contributed by atoms with van der Waals surface area (Å²) in [6, 6.07) is 17.8. The van der Waals surface area contributed by atoms with E-state index in [1.165, 1.54) is 4.90 Å². The van der Waals surface area contributed by atoms with Crippen molar-refractivity contribution in [2.24, 2.45) is 0 Å². The fourth-order valence-electron chi connectivity index (χ4n) is 3.19. The zero-order valence-electron chi connectivity index (χ0n) is 19.6. The number of urea groups is 1. The van der Waals surface area contributed by atoms with Crippen LogP contribution in [0.1, 0.15) is 40.3 Å². The maximum absolute atomic E-state index is 13.0. The number of halogens is 1. The van der Waals surface area contributed by atoms with E-state index < -0.39 is 0 Å². The molecule has 2 aromatic carbocycles. The van der Waals surface area contributed by atoms with Crippen molar-refractivity contribution in [1.29, 1.82) is 0 Å². The first-order chi connectivity index (χ1) is 15.6. The molecule has 174 valence electrons. The molecule has 3 amide bonds. The van der Waals surface area contributed by atoms with Crippen molar-refractivity contribution in [2.75, 3.05) is 17.2 Å². The van der Waals surface area contributed by atoms with Gasteiger partial charge in [0, 0.05) is 23.2 Å². The Morgan fingerprint density at radius 2 is 1.67 bits per heavy atom. The van der Waals surface area contributed by atoms with Gasteiger partial charge in [0.15, 0.2) is 0 Å². The van der Waals surface area contributed by atoms with Crippen LogP contribution in [0, 0.1) is 0 Å². The van der Waals surface area contributed by atoms with E-state index in [1.54, 1.807) is 22.9 Å². The van der Waals surface area contributed by atoms with Crippen molar-refractivity contribution in [1.82, 2.24) is 14.7 Å². The fourth-order valence-corrected chi connectivity index (χ4v) is 3.40. The van der Waals surface area contributed by atoms with E-state index in [0.29, 0.717) is 22.2 Å². The molecule has 1 heterocycles. The molecule has 0 saturated carbocycles. The third-order valence-corrected chi connectivity index (χ3v) is 5.37. The lowest BCUT2D eigenvalue weighted by molar-refractivity contribution is -0.117. The standard InChI is InChI=1S/C25H30ClN5O2/c1-17(2)30(24(33)27-18-11-7-6-8-12-18)16-23(32)28-22-15-21(25(3,4)5)29-31(22)20-14-10-9-13-19(20)26/h6-15,17H,16H2,1-5H3,(H,27,33)(H,28,32). The Kier molecular flexibility index (Phi) is 7.43. The number of hydrogen-bond donors (Lipinski definition) is 2. The van der Waals surface area contributed by atoms with E-state index >= 15 is 0 Å². The summed E-state index contributed by atoms with van der Waals surface area (Å²) in [4.78, 5) is 27.3. The van der Waals surface area contributed by atoms with Crippen molar-refractivity contribution in [3.05, 3.63) is 71.4 Å². The molecule has 3 rings (SSSR count). The number of nitrogens with one attached hydrogen (secondary N) is 2. The Bertz CT molecular complexity index is 1120. The first kappa shape index (κ1) is 24.3. The SMILES string of the molecule is CC(C)N(CC(=O)Nc1cc(C(C)(C)C)nn1-c1ccccc1Cl)C(=O)Nc1ccccc1. The van der Waals surface area contributed by atoms with Crippen LogP contribution in [-0.2, 0) is 10.2 Å². The Balaban J connectivity index is 1.83. The lowest BCUT2D eigenvalue weighted by Crippen LogP contribution is -2.44. The highest BCUT2D eigenvalue weighted by atomic mass is 35.5. The maximum atomic E-state index is 13.0. The molecule has 0 unspecified atom stereocenters. The van der Waals surface area contributed by atoms with E-state index in [0.717, 1.165) is 5.69 Å². The predicted octanol–water partition coefficient (Wildman–Crippen LogP) is 5.70. The van der Waals surface area contributed by atoms with Gasteiger partial charge in [-0.25, -0.2) is 9.48 Å². The number of aromatic nitrogens is 2. The van der Waals surface area contributed by atoms with Gasteiger partial charge in [-0.1, -0.05) is 62.7 Å². The summed E-state index contributed by atoms with van der Waals surface area (Å²) in [6.07, 6.45) is 0. The third-order valence-electron chi connectivity index (χ3n) is 5.05. The quantitative estimate of drug-likeness (QED) is 0.487. The molecule has 0 aliphatic carbocycles. The van der Waals surface area contributed by atoms with Gasteiger partial charge in [0.2, 0.25) is 5.91 Å². The number of hydrogen-bond acceptors (Lipinski definition) is 3. The van der Waals surface area contributed by atoms with Crippen LogP contribution in [0.5, 0.6) is 0 Å². The van der Waals surface area contributed by atoms with Crippen molar-refractivity contribution in [3.63, 3.8) is 0 Å². The summed E-state index contributed by atoms with van der Waals surface area (Å²) in [5.41, 5.74) is 1.90. The Labute approximate surface area is 199 Å². The van der Waals surface area contributed by atoms with Gasteiger partial charge >= 0.3 is 6.03 Å². The molecule has 33 heavy (non-hydrogen) atoms. The van der Waals surface area contributed by atoms with Crippen LogP contribution in [-0.4, -0.2) is 39.2 Å². The number of nitrogens with zero attached hydrogens (tertiary/aromatic N) is 3. The van der Waals surface area contributed by atoms with E-state index in [-0.39, 0.29) is 29.9 Å². The number of benzene rings is 2. The molecule has 0 atom stereocenters. The van der Waals surface area contributed by atoms with Crippen LogP contribution in [0.4, 0.5) is 16.3 Å². The molecule has 0 radical (unpaired) electrons. The molecule has 0 aliphatic rings. The summed E-state index contributed by atoms with van der Waals surface area (Å²) < 4.78 is 1.63. The highest BCUT2D eigenvalue weighted by Gasteiger charge is 2.24. The Morgan fingerprint density at radius 3 is 2.27 bits per heavy atom. The van der Waals surface area contributed by atoms with Crippen molar-refractivity contribution >= 4 is 35.0 Å². The summed E-state index contributed by atoms with van der Waals surface area (Å²) in [5.74, 6) is 0.158. The molecule has 3 aromatic rings. The molecular formula is C25H30ClN5O2. The maximum Gasteiger partial charge on any atom is 0.322 e. The lowest BCUT2D eigenvalue weighted by atomic mass is 9.92. The minimum absolute atomic E-state index is 0.116. The van der Waals surface area contributed by atoms with Gasteiger partial charge in [-0.05, 0) is 38.1 Å². The molecular weight excluding hydrogens is 438 g/mol. The van der Waals surface area contributed by atoms with E-state index in [1.807, 2.05) is 77.1 Å². The second-order valence-electron chi connectivity index (χ2n) is 9.09. The van der Waals surface area contributed by atoms with Gasteiger partial charge in [0.25, 0.3) is 0 Å². The van der Waals surface area contributed by atoms with Gasteiger partial charge in [0.1, 0.15) is 12.4 Å². The van der Waals surface area contributed by atoms with Crippen LogP contribution in [0.3, 0.4) is 0 Å². The minimum atomic E-state index is -0.346. The van der Waals surface area contributed by atoms with Crippen molar-refractivity contribution in [2.45, 2.75) is 46.1 Å². The highest BCUT2D eigenvalue weighted by Crippen LogP contribution is 2.29. The number of carbonyl (C=O) groups is 2. The molecule has 0 spiro atoms. The normalized spacial score (nSPS) is 11.4. The van der Waals surface area contributed by atoms with E-state index in [2.05, 4.69) is 10.6 Å². The highest BCUT2D eigenvalue weighted by molar-refractivity contribution is 6.32. The molecule has 8 heteroatoms. The van der Waals surface area contributed by atoms with E-state index in [9.17, 15) is 9.59 Å². The fraction of sp³-hybridized carbons (Fsp3) is 0.320. The first-order valence-corrected chi connectivity index (χ1v) is 11.2. The van der Waals surface area contributed by atoms with Gasteiger partial charge in [0.05, 0.1) is 16.4 Å². The topological polar surface area (TPSA) is 79.3 Å². The van der Waals surface area contributed by atoms with Crippen LogP contribution in [0.15, 0.2) is 60.7 Å². The summed E-state index contributed by atoms with van der Waals surface area (Å²) >= 11 is 6.40. The van der Waals surface area contributed by atoms with Gasteiger partial charge < -0.3 is 15.5 Å². The zero-order chi connectivity index (χ0) is 24.2. The van der Waals surface area contributed by atoms with Crippen LogP contribution >= 0.6 is 11.6 Å². The van der Waals surface area contributed by atoms with Gasteiger partial charge in [-0.2, -0.15) is 5.10 Å². The van der Waals surface area contributed by atoms with Gasteiger partial charge in [-0.15, -0.1) is 0 Å². The van der Waals surface area contributed by atoms with E-state index in [4.69, 9.17) is 16.7 Å². The number of rotatable bonds is 6. The predicted molar refractivity (Wildman–Crippen MR) is 133 cm³/mol. The number of anilines is 2. The van der Waals surface area contributed by atoms with Crippen LogP contribution in [0.2, 0.25) is 5.02 Å². The molecule has 0 aliphatic heterocycles. The number of carbonyl (C=O) groups excluding carboxylic acids is 2. The third kappa shape index (κ3) is 6.14. The Morgan fingerprint density at radius 1 is 1.03 bits per heavy atom. The summed E-state index contributed by atoms with van der Waals surface area (Å²) in [7, 11) is 0. The largest absolute Gasteiger partial charge is 0.322 e. The molecule has 2 N–H and O–H groups in total. The smallest absolute Gasteiger partial charge is 0.313 e. The Hall–Kier alpha value is -3.32. The minimum Gasteiger partial charge on any atom is -0.313 e. The zero-order valence-corrected chi connectivity index (χ0v) is 20.3.